The van der Waals surface area contributed by atoms with Crippen molar-refractivity contribution in [3.05, 3.63) is 55.5 Å². The van der Waals surface area contributed by atoms with Crippen molar-refractivity contribution in [3.63, 3.8) is 0 Å². The Balaban J connectivity index is 1.63. The van der Waals surface area contributed by atoms with Gasteiger partial charge in [-0.1, -0.05) is 0 Å². The molecule has 5 aromatic rings. The van der Waals surface area contributed by atoms with Crippen LogP contribution in [0.25, 0.3) is 39.1 Å². The van der Waals surface area contributed by atoms with E-state index in [-0.39, 0.29) is 6.04 Å². The molecule has 0 unspecified atom stereocenters. The largest absolute Gasteiger partial charge is 0.377 e. The van der Waals surface area contributed by atoms with Crippen LogP contribution in [0, 0.1) is 0 Å². The third kappa shape index (κ3) is 2.93. The van der Waals surface area contributed by atoms with Crippen LogP contribution in [-0.4, -0.2) is 60.3 Å². The fraction of sp³-hybridized carbons (Fsp3) is 0.227. The fourth-order valence-corrected chi connectivity index (χ4v) is 4.16. The highest BCUT2D eigenvalue weighted by Gasteiger charge is 2.25. The van der Waals surface area contributed by atoms with Crippen LogP contribution in [0.5, 0.6) is 0 Å². The highest BCUT2D eigenvalue weighted by Crippen LogP contribution is 2.33. The fourth-order valence-electron chi connectivity index (χ4n) is 4.16. The Morgan fingerprint density at radius 2 is 2.00 bits per heavy atom. The van der Waals surface area contributed by atoms with Gasteiger partial charge in [0.05, 0.1) is 42.7 Å². The number of rotatable bonds is 3. The number of H-pyrrole nitrogens is 1. The van der Waals surface area contributed by atoms with Gasteiger partial charge in [0.2, 0.25) is 0 Å². The smallest absolute Gasteiger partial charge is 0.164 e. The van der Waals surface area contributed by atoms with E-state index in [1.165, 1.54) is 6.33 Å². The molecule has 0 aromatic carbocycles. The number of anilines is 1. The Bertz CT molecular complexity index is 1380. The maximum absolute atomic E-state index is 5.66. The second kappa shape index (κ2) is 7.13. The molecule has 0 bridgehead atoms. The molecule has 6 heterocycles. The Morgan fingerprint density at radius 1 is 1.10 bits per heavy atom. The Kier molecular flexibility index (Phi) is 4.13. The molecule has 5 aromatic heterocycles. The predicted octanol–water partition coefficient (Wildman–Crippen LogP) is 2.98. The Morgan fingerprint density at radius 3 is 2.87 bits per heavy atom. The van der Waals surface area contributed by atoms with E-state index < -0.39 is 0 Å². The van der Waals surface area contributed by atoms with Crippen molar-refractivity contribution >= 4 is 27.9 Å². The average molecular weight is 412 g/mol. The summed E-state index contributed by atoms with van der Waals surface area (Å²) in [5.41, 5.74) is 3.42. The summed E-state index contributed by atoms with van der Waals surface area (Å²) in [5.74, 6) is 1.57. The Labute approximate surface area is 177 Å². The first-order chi connectivity index (χ1) is 15.3. The number of hydrogen-bond acceptors (Lipinski definition) is 7. The van der Waals surface area contributed by atoms with Crippen molar-refractivity contribution in [2.45, 2.75) is 13.0 Å². The van der Waals surface area contributed by atoms with E-state index in [1.807, 2.05) is 29.1 Å². The molecule has 0 aliphatic carbocycles. The van der Waals surface area contributed by atoms with Gasteiger partial charge in [-0.05, 0) is 25.1 Å². The molecular weight excluding hydrogens is 392 g/mol. The van der Waals surface area contributed by atoms with Gasteiger partial charge in [0.1, 0.15) is 17.8 Å². The lowest BCUT2D eigenvalue weighted by molar-refractivity contribution is 0.0987. The third-order valence-electron chi connectivity index (χ3n) is 5.69. The van der Waals surface area contributed by atoms with Crippen LogP contribution in [0.2, 0.25) is 0 Å². The molecule has 31 heavy (non-hydrogen) atoms. The predicted molar refractivity (Wildman–Crippen MR) is 117 cm³/mol. The number of aromatic amines is 1. The maximum atomic E-state index is 5.66. The number of hydrogen-bond donors (Lipinski definition) is 1. The standard InChI is InChI=1S/C22H20N8O/c1-14-12-31-9-8-29(14)21-18-4-7-30(15-10-23-13-24-11-15)22(18)28-20(27-21)17-3-6-26-19-16(17)2-5-25-19/h2-7,10-11,13-14H,8-9,12H2,1H3,(H,25,26)/t14-/m1/s1. The number of aromatic nitrogens is 7. The molecule has 1 fully saturated rings. The number of ether oxygens (including phenoxy) is 1. The summed E-state index contributed by atoms with van der Waals surface area (Å²) in [4.78, 5) is 28.3. The van der Waals surface area contributed by atoms with Gasteiger partial charge in [-0.2, -0.15) is 0 Å². The lowest BCUT2D eigenvalue weighted by atomic mass is 10.1. The van der Waals surface area contributed by atoms with Crippen LogP contribution in [0.1, 0.15) is 6.92 Å². The molecular formula is C22H20N8O. The summed E-state index contributed by atoms with van der Waals surface area (Å²) in [6, 6.07) is 6.24. The molecule has 0 spiro atoms. The summed E-state index contributed by atoms with van der Waals surface area (Å²) >= 11 is 0. The molecule has 1 aliphatic heterocycles. The van der Waals surface area contributed by atoms with Gasteiger partial charge in [0.25, 0.3) is 0 Å². The van der Waals surface area contributed by atoms with Crippen LogP contribution in [0.4, 0.5) is 5.82 Å². The minimum Gasteiger partial charge on any atom is -0.377 e. The average Bonchev–Trinajstić information content (AvgIpc) is 3.46. The molecule has 1 N–H and O–H groups in total. The van der Waals surface area contributed by atoms with Crippen molar-refractivity contribution in [1.82, 2.24) is 34.5 Å². The third-order valence-corrected chi connectivity index (χ3v) is 5.69. The minimum absolute atomic E-state index is 0.216. The van der Waals surface area contributed by atoms with Crippen molar-refractivity contribution in [3.8, 4) is 17.1 Å². The summed E-state index contributed by atoms with van der Waals surface area (Å²) in [6.07, 6.45) is 10.7. The van der Waals surface area contributed by atoms with Gasteiger partial charge in [-0.3, -0.25) is 4.57 Å². The summed E-state index contributed by atoms with van der Waals surface area (Å²) in [7, 11) is 0. The zero-order chi connectivity index (χ0) is 20.8. The van der Waals surface area contributed by atoms with Gasteiger partial charge >= 0.3 is 0 Å². The van der Waals surface area contributed by atoms with Gasteiger partial charge in [-0.25, -0.2) is 24.9 Å². The first-order valence-corrected chi connectivity index (χ1v) is 10.2. The van der Waals surface area contributed by atoms with Gasteiger partial charge in [0.15, 0.2) is 11.5 Å². The van der Waals surface area contributed by atoms with Crippen LogP contribution in [0.3, 0.4) is 0 Å². The molecule has 9 nitrogen and oxygen atoms in total. The summed E-state index contributed by atoms with van der Waals surface area (Å²) in [5, 5.41) is 1.98. The lowest BCUT2D eigenvalue weighted by Gasteiger charge is -2.34. The minimum atomic E-state index is 0.216. The number of pyridine rings is 1. The van der Waals surface area contributed by atoms with Crippen molar-refractivity contribution < 1.29 is 4.74 Å². The highest BCUT2D eigenvalue weighted by molar-refractivity contribution is 5.95. The SMILES string of the molecule is C[C@@H]1COCCN1c1nc(-c2ccnc3[nH]ccc23)nc2c1ccn2-c1cncnc1. The second-order valence-corrected chi connectivity index (χ2v) is 7.61. The molecule has 1 aliphatic rings. The number of morpholine rings is 1. The molecule has 1 saturated heterocycles. The van der Waals surface area contributed by atoms with Gasteiger partial charge in [0, 0.05) is 36.1 Å². The number of nitrogens with zero attached hydrogens (tertiary/aromatic N) is 7. The topological polar surface area (TPSA) is 97.6 Å². The van der Waals surface area contributed by atoms with Gasteiger partial charge < -0.3 is 14.6 Å². The summed E-state index contributed by atoms with van der Waals surface area (Å²) in [6.45, 7) is 4.29. The maximum Gasteiger partial charge on any atom is 0.164 e. The van der Waals surface area contributed by atoms with E-state index in [2.05, 4.69) is 37.8 Å². The van der Waals surface area contributed by atoms with E-state index in [0.717, 1.165) is 45.7 Å². The molecule has 0 radical (unpaired) electrons. The van der Waals surface area contributed by atoms with Crippen LogP contribution in [-0.2, 0) is 4.74 Å². The van der Waals surface area contributed by atoms with Gasteiger partial charge in [-0.15, -0.1) is 0 Å². The van der Waals surface area contributed by atoms with E-state index in [9.17, 15) is 0 Å². The highest BCUT2D eigenvalue weighted by atomic mass is 16.5. The molecule has 1 atom stereocenters. The lowest BCUT2D eigenvalue weighted by Crippen LogP contribution is -2.44. The van der Waals surface area contributed by atoms with Crippen molar-refractivity contribution in [1.29, 1.82) is 0 Å². The van der Waals surface area contributed by atoms with Crippen molar-refractivity contribution in [2.75, 3.05) is 24.7 Å². The second-order valence-electron chi connectivity index (χ2n) is 7.61. The monoisotopic (exact) mass is 412 g/mol. The van der Waals surface area contributed by atoms with Crippen molar-refractivity contribution in [2.24, 2.45) is 0 Å². The van der Waals surface area contributed by atoms with E-state index in [0.29, 0.717) is 19.0 Å². The molecule has 154 valence electrons. The quantitative estimate of drug-likeness (QED) is 0.486. The van der Waals surface area contributed by atoms with E-state index in [4.69, 9.17) is 14.7 Å². The molecule has 0 amide bonds. The zero-order valence-electron chi connectivity index (χ0n) is 16.9. The van der Waals surface area contributed by atoms with Crippen LogP contribution < -0.4 is 4.90 Å². The van der Waals surface area contributed by atoms with E-state index >= 15 is 0 Å². The first kappa shape index (κ1) is 18.0. The van der Waals surface area contributed by atoms with Crippen LogP contribution >= 0.6 is 0 Å². The normalized spacial score (nSPS) is 16.9. The zero-order valence-corrected chi connectivity index (χ0v) is 16.9. The molecule has 0 saturated carbocycles. The summed E-state index contributed by atoms with van der Waals surface area (Å²) < 4.78 is 7.67. The number of fused-ring (bicyclic) bond motifs is 2. The first-order valence-electron chi connectivity index (χ1n) is 10.2. The van der Waals surface area contributed by atoms with Crippen LogP contribution in [0.15, 0.2) is 55.5 Å². The van der Waals surface area contributed by atoms with E-state index in [1.54, 1.807) is 18.6 Å². The molecule has 6 rings (SSSR count). The Hall–Kier alpha value is -3.85. The number of nitrogens with one attached hydrogen (secondary N) is 1. The molecule has 9 heteroatoms.